The van der Waals surface area contributed by atoms with Crippen molar-refractivity contribution in [2.24, 2.45) is 0 Å². The number of benzene rings is 3. The number of aryl methyl sites for hydroxylation is 2. The summed E-state index contributed by atoms with van der Waals surface area (Å²) in [7, 11) is -2.26. The van der Waals surface area contributed by atoms with Gasteiger partial charge in [-0.1, -0.05) is 61.9 Å². The zero-order valence-electron chi connectivity index (χ0n) is 24.6. The Balaban J connectivity index is 2.06. The highest BCUT2D eigenvalue weighted by molar-refractivity contribution is 7.92. The van der Waals surface area contributed by atoms with Gasteiger partial charge in [-0.05, 0) is 66.8 Å². The first-order chi connectivity index (χ1) is 19.5. The number of amides is 2. The van der Waals surface area contributed by atoms with E-state index in [9.17, 15) is 18.0 Å². The van der Waals surface area contributed by atoms with Gasteiger partial charge in [-0.15, -0.1) is 0 Å². The van der Waals surface area contributed by atoms with Crippen LogP contribution in [0.4, 0.5) is 5.69 Å². The van der Waals surface area contributed by atoms with Gasteiger partial charge in [-0.3, -0.25) is 13.9 Å². The molecule has 0 aliphatic heterocycles. The Morgan fingerprint density at radius 1 is 0.927 bits per heavy atom. The van der Waals surface area contributed by atoms with Crippen LogP contribution in [0.3, 0.4) is 0 Å². The number of nitrogens with zero attached hydrogens (tertiary/aromatic N) is 2. The van der Waals surface area contributed by atoms with Crippen LogP contribution in [0.25, 0.3) is 0 Å². The number of sulfonamides is 1. The number of hydrogen-bond acceptors (Lipinski definition) is 5. The van der Waals surface area contributed by atoms with Crippen LogP contribution in [-0.2, 0) is 32.6 Å². The summed E-state index contributed by atoms with van der Waals surface area (Å²) in [6.45, 7) is 5.94. The van der Waals surface area contributed by atoms with E-state index < -0.39 is 28.5 Å². The molecule has 0 unspecified atom stereocenters. The van der Waals surface area contributed by atoms with Gasteiger partial charge in [-0.25, -0.2) is 8.42 Å². The van der Waals surface area contributed by atoms with Crippen LogP contribution >= 0.6 is 0 Å². The highest BCUT2D eigenvalue weighted by atomic mass is 32.2. The molecule has 3 aromatic rings. The van der Waals surface area contributed by atoms with E-state index in [2.05, 4.69) is 5.32 Å². The summed E-state index contributed by atoms with van der Waals surface area (Å²) >= 11 is 0. The molecule has 2 amide bonds. The number of anilines is 1. The minimum absolute atomic E-state index is 0.0964. The van der Waals surface area contributed by atoms with Crippen molar-refractivity contribution < 1.29 is 22.7 Å². The summed E-state index contributed by atoms with van der Waals surface area (Å²) in [5.74, 6) is -0.144. The van der Waals surface area contributed by atoms with Crippen LogP contribution in [0.2, 0.25) is 0 Å². The Kier molecular flexibility index (Phi) is 11.3. The number of methoxy groups -OCH3 is 1. The molecule has 0 radical (unpaired) electrons. The van der Waals surface area contributed by atoms with Crippen molar-refractivity contribution in [3.05, 3.63) is 95.1 Å². The Morgan fingerprint density at radius 3 is 2.20 bits per heavy atom. The number of unbranched alkanes of at least 4 members (excludes halogenated alkanes) is 1. The zero-order chi connectivity index (χ0) is 30.0. The van der Waals surface area contributed by atoms with E-state index in [1.807, 2.05) is 75.4 Å². The van der Waals surface area contributed by atoms with Crippen molar-refractivity contribution in [1.82, 2.24) is 10.2 Å². The van der Waals surface area contributed by atoms with E-state index in [1.165, 1.54) is 4.90 Å². The van der Waals surface area contributed by atoms with Gasteiger partial charge >= 0.3 is 0 Å². The Hall–Kier alpha value is -3.85. The second-order valence-corrected chi connectivity index (χ2v) is 12.2. The van der Waals surface area contributed by atoms with Crippen molar-refractivity contribution in [3.63, 3.8) is 0 Å². The molecule has 0 fully saturated rings. The van der Waals surface area contributed by atoms with Gasteiger partial charge < -0.3 is 15.0 Å². The third-order valence-electron chi connectivity index (χ3n) is 6.76. The van der Waals surface area contributed by atoms with Crippen molar-refractivity contribution in [3.8, 4) is 5.75 Å². The number of ether oxygens (including phenoxy) is 1. The van der Waals surface area contributed by atoms with Gasteiger partial charge in [0.25, 0.3) is 0 Å². The predicted octanol–water partition coefficient (Wildman–Crippen LogP) is 4.63. The fourth-order valence-corrected chi connectivity index (χ4v) is 5.57. The summed E-state index contributed by atoms with van der Waals surface area (Å²) in [4.78, 5) is 29.3. The summed E-state index contributed by atoms with van der Waals surface area (Å²) < 4.78 is 32.5. The van der Waals surface area contributed by atoms with Crippen LogP contribution in [-0.4, -0.2) is 57.6 Å². The fourth-order valence-electron chi connectivity index (χ4n) is 4.74. The summed E-state index contributed by atoms with van der Waals surface area (Å²) in [5.41, 5.74) is 3.82. The highest BCUT2D eigenvalue weighted by Gasteiger charge is 2.33. The monoisotopic (exact) mass is 579 g/mol. The fraction of sp³-hybridized carbons (Fsp3) is 0.375. The third-order valence-corrected chi connectivity index (χ3v) is 7.90. The molecule has 0 aliphatic carbocycles. The summed E-state index contributed by atoms with van der Waals surface area (Å²) in [5, 5.41) is 2.99. The Bertz CT molecular complexity index is 1410. The number of carbonyl (C=O) groups excluding carboxylic acids is 2. The van der Waals surface area contributed by atoms with E-state index >= 15 is 0 Å². The van der Waals surface area contributed by atoms with Gasteiger partial charge in [0, 0.05) is 19.5 Å². The lowest BCUT2D eigenvalue weighted by Crippen LogP contribution is -2.53. The standard InChI is InChI=1S/C32H41N3O5S/c1-6-7-16-33-32(37)30(21-26-12-9-8-10-13-26)34(22-27-14-11-15-29(20-27)40-4)31(36)23-35(41(5,38)39)28-18-24(2)17-25(3)19-28/h8-15,17-20,30H,6-7,16,21-23H2,1-5H3,(H,33,37)/t30-/m1/s1. The molecule has 41 heavy (non-hydrogen) atoms. The molecule has 0 bridgehead atoms. The molecule has 0 aromatic heterocycles. The van der Waals surface area contributed by atoms with E-state index in [1.54, 1.807) is 25.3 Å². The van der Waals surface area contributed by atoms with E-state index in [0.717, 1.165) is 45.7 Å². The Morgan fingerprint density at radius 2 is 1.59 bits per heavy atom. The normalized spacial score (nSPS) is 11.9. The first-order valence-corrected chi connectivity index (χ1v) is 15.7. The van der Waals surface area contributed by atoms with Crippen molar-refractivity contribution in [2.45, 2.75) is 52.6 Å². The molecular weight excluding hydrogens is 538 g/mol. The van der Waals surface area contributed by atoms with Crippen LogP contribution in [0.15, 0.2) is 72.8 Å². The maximum Gasteiger partial charge on any atom is 0.244 e. The minimum Gasteiger partial charge on any atom is -0.497 e. The van der Waals surface area contributed by atoms with E-state index in [4.69, 9.17) is 4.74 Å². The van der Waals surface area contributed by atoms with Crippen LogP contribution in [0.1, 0.15) is 42.0 Å². The SMILES string of the molecule is CCCCNC(=O)[C@@H](Cc1ccccc1)N(Cc1cccc(OC)c1)C(=O)CN(c1cc(C)cc(C)c1)S(C)(=O)=O. The van der Waals surface area contributed by atoms with Gasteiger partial charge in [0.1, 0.15) is 18.3 Å². The third kappa shape index (κ3) is 9.35. The van der Waals surface area contributed by atoms with Crippen LogP contribution in [0, 0.1) is 13.8 Å². The lowest BCUT2D eigenvalue weighted by atomic mass is 10.0. The molecule has 0 spiro atoms. The summed E-state index contributed by atoms with van der Waals surface area (Å²) in [6, 6.07) is 21.4. The van der Waals surface area contributed by atoms with Crippen molar-refractivity contribution in [1.29, 1.82) is 0 Å². The molecule has 1 atom stereocenters. The van der Waals surface area contributed by atoms with Crippen LogP contribution in [0.5, 0.6) is 5.75 Å². The molecular formula is C32H41N3O5S. The Labute approximate surface area is 244 Å². The average molecular weight is 580 g/mol. The number of rotatable bonds is 14. The molecule has 0 saturated carbocycles. The second kappa shape index (κ2) is 14.7. The lowest BCUT2D eigenvalue weighted by Gasteiger charge is -2.33. The quantitative estimate of drug-likeness (QED) is 0.281. The maximum absolute atomic E-state index is 14.2. The van der Waals surface area contributed by atoms with E-state index in [-0.39, 0.29) is 18.9 Å². The minimum atomic E-state index is -3.82. The topological polar surface area (TPSA) is 96.0 Å². The number of hydrogen-bond donors (Lipinski definition) is 1. The lowest BCUT2D eigenvalue weighted by molar-refractivity contribution is -0.140. The number of carbonyl (C=O) groups is 2. The van der Waals surface area contributed by atoms with Crippen LogP contribution < -0.4 is 14.4 Å². The molecule has 0 heterocycles. The average Bonchev–Trinajstić information content (AvgIpc) is 2.93. The molecule has 9 heteroatoms. The first kappa shape index (κ1) is 31.7. The second-order valence-electron chi connectivity index (χ2n) is 10.3. The highest BCUT2D eigenvalue weighted by Crippen LogP contribution is 2.23. The molecule has 0 saturated heterocycles. The van der Waals surface area contributed by atoms with Crippen molar-refractivity contribution >= 4 is 27.5 Å². The molecule has 8 nitrogen and oxygen atoms in total. The van der Waals surface area contributed by atoms with Gasteiger partial charge in [0.2, 0.25) is 21.8 Å². The zero-order valence-corrected chi connectivity index (χ0v) is 25.4. The van der Waals surface area contributed by atoms with Gasteiger partial charge in [0.05, 0.1) is 19.1 Å². The molecule has 3 rings (SSSR count). The maximum atomic E-state index is 14.2. The first-order valence-electron chi connectivity index (χ1n) is 13.8. The molecule has 0 aliphatic rings. The van der Waals surface area contributed by atoms with Gasteiger partial charge in [-0.2, -0.15) is 0 Å². The largest absolute Gasteiger partial charge is 0.497 e. The molecule has 1 N–H and O–H groups in total. The smallest absolute Gasteiger partial charge is 0.244 e. The number of nitrogens with one attached hydrogen (secondary N) is 1. The van der Waals surface area contributed by atoms with E-state index in [0.29, 0.717) is 18.0 Å². The van der Waals surface area contributed by atoms with Gasteiger partial charge in [0.15, 0.2) is 0 Å². The molecule has 220 valence electrons. The predicted molar refractivity (Wildman–Crippen MR) is 164 cm³/mol. The van der Waals surface area contributed by atoms with Crippen molar-refractivity contribution in [2.75, 3.05) is 30.8 Å². The summed E-state index contributed by atoms with van der Waals surface area (Å²) in [6.07, 6.45) is 3.08. The molecule has 3 aromatic carbocycles.